The minimum Gasteiger partial charge on any atom is -0.385 e. The average Bonchev–Trinajstić information content (AvgIpc) is 2.53. The van der Waals surface area contributed by atoms with Crippen molar-refractivity contribution in [2.45, 2.75) is 5.54 Å². The zero-order valence-corrected chi connectivity index (χ0v) is 8.29. The molecule has 0 aromatic rings. The predicted molar refractivity (Wildman–Crippen MR) is 58.1 cm³/mol. The van der Waals surface area contributed by atoms with E-state index in [9.17, 15) is 0 Å². The lowest BCUT2D eigenvalue weighted by atomic mass is 9.99. The topological polar surface area (TPSA) is 53.6 Å². The zero-order chi connectivity index (χ0) is 9.60. The van der Waals surface area contributed by atoms with Crippen LogP contribution in [0.15, 0.2) is 40.1 Å². The molecular formula is C9H10N4S. The number of thioether (sulfide) groups is 1. The first-order valence-electron chi connectivity index (χ1n) is 4.38. The minimum atomic E-state index is -0.189. The van der Waals surface area contributed by atoms with Crippen molar-refractivity contribution < 1.29 is 0 Å². The quantitative estimate of drug-likeness (QED) is 0.607. The van der Waals surface area contributed by atoms with Crippen LogP contribution >= 0.6 is 11.8 Å². The molecule has 1 fully saturated rings. The minimum absolute atomic E-state index is 0.189. The summed E-state index contributed by atoms with van der Waals surface area (Å²) in [7, 11) is 0. The largest absolute Gasteiger partial charge is 0.385 e. The maximum Gasteiger partial charge on any atom is 0.114 e. The van der Waals surface area contributed by atoms with E-state index in [-0.39, 0.29) is 5.54 Å². The molecule has 1 atom stereocenters. The van der Waals surface area contributed by atoms with Crippen LogP contribution in [0.1, 0.15) is 0 Å². The molecule has 0 bridgehead atoms. The Morgan fingerprint density at radius 3 is 3.50 bits per heavy atom. The number of hydrogen-bond donors (Lipinski definition) is 2. The van der Waals surface area contributed by atoms with Crippen LogP contribution in [0.3, 0.4) is 0 Å². The van der Waals surface area contributed by atoms with Gasteiger partial charge in [-0.3, -0.25) is 4.99 Å². The molecule has 72 valence electrons. The monoisotopic (exact) mass is 206 g/mol. The molecule has 3 N–H and O–H groups in total. The van der Waals surface area contributed by atoms with Crippen molar-refractivity contribution in [3.63, 3.8) is 0 Å². The highest BCUT2D eigenvalue weighted by molar-refractivity contribution is 8.03. The van der Waals surface area contributed by atoms with E-state index in [1.165, 1.54) is 4.91 Å². The fourth-order valence-corrected chi connectivity index (χ4v) is 3.08. The normalized spacial score (nSPS) is 34.3. The highest BCUT2D eigenvalue weighted by atomic mass is 32.2. The molecule has 3 heterocycles. The van der Waals surface area contributed by atoms with E-state index in [2.05, 4.69) is 21.5 Å². The number of allylic oxidation sites excluding steroid dienone is 1. The molecule has 4 nitrogen and oxygen atoms in total. The zero-order valence-electron chi connectivity index (χ0n) is 7.47. The van der Waals surface area contributed by atoms with E-state index in [1.807, 2.05) is 24.6 Å². The lowest BCUT2D eigenvalue weighted by molar-refractivity contribution is 0.222. The van der Waals surface area contributed by atoms with Crippen molar-refractivity contribution in [3.05, 3.63) is 35.2 Å². The van der Waals surface area contributed by atoms with Gasteiger partial charge in [0.1, 0.15) is 11.4 Å². The van der Waals surface area contributed by atoms with Crippen molar-refractivity contribution in [3.8, 4) is 0 Å². The molecular weight excluding hydrogens is 196 g/mol. The second-order valence-electron chi connectivity index (χ2n) is 3.38. The van der Waals surface area contributed by atoms with Gasteiger partial charge in [0, 0.05) is 17.3 Å². The Bertz CT molecular complexity index is 396. The van der Waals surface area contributed by atoms with Gasteiger partial charge in [-0.1, -0.05) is 0 Å². The SMILES string of the molecule is NC1=CC23C=CN=CC=C2SCN3N1. The second kappa shape index (κ2) is 2.65. The third-order valence-electron chi connectivity index (χ3n) is 2.56. The molecule has 5 heteroatoms. The Hall–Kier alpha value is -1.20. The first-order chi connectivity index (χ1) is 6.81. The second-order valence-corrected chi connectivity index (χ2v) is 4.37. The summed E-state index contributed by atoms with van der Waals surface area (Å²) in [6.07, 6.45) is 9.78. The van der Waals surface area contributed by atoms with Gasteiger partial charge >= 0.3 is 0 Å². The smallest absolute Gasteiger partial charge is 0.114 e. The number of nitrogens with two attached hydrogens (primary N) is 1. The van der Waals surface area contributed by atoms with Crippen molar-refractivity contribution in [2.24, 2.45) is 10.7 Å². The van der Waals surface area contributed by atoms with E-state index in [0.29, 0.717) is 5.82 Å². The summed E-state index contributed by atoms with van der Waals surface area (Å²) in [4.78, 5) is 5.38. The molecule has 0 amide bonds. The highest BCUT2D eigenvalue weighted by Crippen LogP contribution is 2.45. The molecule has 1 spiro atoms. The third kappa shape index (κ3) is 0.908. The summed E-state index contributed by atoms with van der Waals surface area (Å²) in [5.41, 5.74) is 8.72. The maximum absolute atomic E-state index is 5.77. The molecule has 0 saturated carbocycles. The first-order valence-corrected chi connectivity index (χ1v) is 5.37. The molecule has 14 heavy (non-hydrogen) atoms. The van der Waals surface area contributed by atoms with Gasteiger partial charge in [-0.05, 0) is 18.2 Å². The Morgan fingerprint density at radius 2 is 2.57 bits per heavy atom. The molecule has 3 aliphatic rings. The number of hydrazine groups is 1. The highest BCUT2D eigenvalue weighted by Gasteiger charge is 2.46. The van der Waals surface area contributed by atoms with E-state index in [1.54, 1.807) is 11.8 Å². The fraction of sp³-hybridized carbons (Fsp3) is 0.222. The Kier molecular flexibility index (Phi) is 1.54. The van der Waals surface area contributed by atoms with Crippen LogP contribution in [0.5, 0.6) is 0 Å². The maximum atomic E-state index is 5.77. The summed E-state index contributed by atoms with van der Waals surface area (Å²) < 4.78 is 0. The summed E-state index contributed by atoms with van der Waals surface area (Å²) in [6.45, 7) is 0. The van der Waals surface area contributed by atoms with Crippen molar-refractivity contribution in [2.75, 3.05) is 5.88 Å². The van der Waals surface area contributed by atoms with E-state index in [0.717, 1.165) is 5.88 Å². The van der Waals surface area contributed by atoms with Gasteiger partial charge in [0.2, 0.25) is 0 Å². The van der Waals surface area contributed by atoms with Crippen LogP contribution in [-0.4, -0.2) is 22.6 Å². The lowest BCUT2D eigenvalue weighted by Gasteiger charge is -2.26. The van der Waals surface area contributed by atoms with Crippen molar-refractivity contribution in [1.29, 1.82) is 0 Å². The Morgan fingerprint density at radius 1 is 1.64 bits per heavy atom. The summed E-state index contributed by atoms with van der Waals surface area (Å²) in [6, 6.07) is 0. The molecule has 1 saturated heterocycles. The summed E-state index contributed by atoms with van der Waals surface area (Å²) in [5, 5.41) is 2.12. The van der Waals surface area contributed by atoms with Gasteiger partial charge in [-0.2, -0.15) is 5.01 Å². The fourth-order valence-electron chi connectivity index (χ4n) is 1.91. The standard InChI is InChI=1S/C9H10N4S/c10-8-5-9-2-4-11-3-1-7(9)14-6-13(9)12-8/h1-5,12H,6,10H2. The molecule has 0 aromatic carbocycles. The van der Waals surface area contributed by atoms with E-state index < -0.39 is 0 Å². The molecule has 0 aliphatic carbocycles. The van der Waals surface area contributed by atoms with Crippen molar-refractivity contribution >= 4 is 18.0 Å². The molecule has 3 aliphatic heterocycles. The number of hydrogen-bond acceptors (Lipinski definition) is 5. The molecule has 3 rings (SSSR count). The summed E-state index contributed by atoms with van der Waals surface area (Å²) in [5.74, 6) is 1.61. The molecule has 0 aromatic heterocycles. The predicted octanol–water partition coefficient (Wildman–Crippen LogP) is 0.532. The van der Waals surface area contributed by atoms with Crippen LogP contribution < -0.4 is 11.2 Å². The number of aliphatic imine (C=N–C) groups is 1. The van der Waals surface area contributed by atoms with Gasteiger partial charge in [-0.15, -0.1) is 11.8 Å². The number of nitrogens with one attached hydrogen (secondary N) is 1. The van der Waals surface area contributed by atoms with Gasteiger partial charge < -0.3 is 11.2 Å². The van der Waals surface area contributed by atoms with Crippen LogP contribution in [0.25, 0.3) is 0 Å². The summed E-state index contributed by atoms with van der Waals surface area (Å²) >= 11 is 1.81. The van der Waals surface area contributed by atoms with Crippen molar-refractivity contribution in [1.82, 2.24) is 10.4 Å². The van der Waals surface area contributed by atoms with Gasteiger partial charge in [-0.25, -0.2) is 0 Å². The average molecular weight is 206 g/mol. The Labute approximate surface area is 86.2 Å². The van der Waals surface area contributed by atoms with Gasteiger partial charge in [0.25, 0.3) is 0 Å². The lowest BCUT2D eigenvalue weighted by Crippen LogP contribution is -2.44. The van der Waals surface area contributed by atoms with Crippen LogP contribution in [0, 0.1) is 0 Å². The first kappa shape index (κ1) is 8.14. The van der Waals surface area contributed by atoms with E-state index in [4.69, 9.17) is 5.73 Å². The number of nitrogens with zero attached hydrogens (tertiary/aromatic N) is 2. The molecule has 0 radical (unpaired) electrons. The van der Waals surface area contributed by atoms with Gasteiger partial charge in [0.15, 0.2) is 0 Å². The van der Waals surface area contributed by atoms with E-state index >= 15 is 0 Å². The number of rotatable bonds is 0. The van der Waals surface area contributed by atoms with Gasteiger partial charge in [0.05, 0.1) is 5.88 Å². The third-order valence-corrected chi connectivity index (χ3v) is 3.72. The molecule has 1 unspecified atom stereocenters. The van der Waals surface area contributed by atoms with Crippen LogP contribution in [0.4, 0.5) is 0 Å². The van der Waals surface area contributed by atoms with Crippen LogP contribution in [0.2, 0.25) is 0 Å². The van der Waals surface area contributed by atoms with Crippen LogP contribution in [-0.2, 0) is 0 Å². The Balaban J connectivity index is 2.16.